The molecule has 0 bridgehead atoms. The summed E-state index contributed by atoms with van der Waals surface area (Å²) in [4.78, 5) is 25.8. The molecule has 0 aliphatic carbocycles. The highest BCUT2D eigenvalue weighted by Gasteiger charge is 2.35. The van der Waals surface area contributed by atoms with E-state index in [9.17, 15) is 19.8 Å². The smallest absolute Gasteiger partial charge is 0.256 e. The summed E-state index contributed by atoms with van der Waals surface area (Å²) >= 11 is 11.6. The van der Waals surface area contributed by atoms with Gasteiger partial charge in [0, 0.05) is 28.8 Å². The molecule has 1 unspecified atom stereocenters. The van der Waals surface area contributed by atoms with Crippen molar-refractivity contribution < 1.29 is 24.5 Å². The summed E-state index contributed by atoms with van der Waals surface area (Å²) in [7, 11) is 0. The van der Waals surface area contributed by atoms with E-state index in [1.165, 1.54) is 17.0 Å². The molecule has 2 aromatic rings. The van der Waals surface area contributed by atoms with Crippen LogP contribution in [-0.2, 0) is 16.5 Å². The number of phenolic OH excluding ortho intramolecular Hbond substituents is 2. The first-order valence-electron chi connectivity index (χ1n) is 8.18. The number of alkyl halides is 2. The maximum atomic E-state index is 13.0. The third-order valence-corrected chi connectivity index (χ3v) is 5.06. The van der Waals surface area contributed by atoms with Gasteiger partial charge in [-0.2, -0.15) is 0 Å². The second kappa shape index (κ2) is 8.17. The van der Waals surface area contributed by atoms with Gasteiger partial charge in [-0.1, -0.05) is 18.2 Å². The zero-order valence-electron chi connectivity index (χ0n) is 14.2. The van der Waals surface area contributed by atoms with Gasteiger partial charge in [0.2, 0.25) is 0 Å². The van der Waals surface area contributed by atoms with Crippen LogP contribution in [0, 0.1) is 0 Å². The summed E-state index contributed by atoms with van der Waals surface area (Å²) in [5, 5.41) is 20.5. The molecule has 1 heterocycles. The second-order valence-electron chi connectivity index (χ2n) is 6.03. The summed E-state index contributed by atoms with van der Waals surface area (Å²) < 4.78 is 5.65. The lowest BCUT2D eigenvalue weighted by molar-refractivity contribution is 0.0256. The van der Waals surface area contributed by atoms with Crippen molar-refractivity contribution in [2.45, 2.75) is 18.0 Å². The molecule has 0 radical (unpaired) electrons. The van der Waals surface area contributed by atoms with E-state index in [1.807, 2.05) is 0 Å². The van der Waals surface area contributed by atoms with E-state index in [0.29, 0.717) is 17.4 Å². The number of benzene rings is 2. The minimum absolute atomic E-state index is 0.0480. The summed E-state index contributed by atoms with van der Waals surface area (Å²) in [5.74, 6) is -0.474. The highest BCUT2D eigenvalue weighted by atomic mass is 35.5. The van der Waals surface area contributed by atoms with Gasteiger partial charge >= 0.3 is 0 Å². The molecule has 3 rings (SSSR count). The Morgan fingerprint density at radius 1 is 1.19 bits per heavy atom. The Kier molecular flexibility index (Phi) is 5.89. The summed E-state index contributed by atoms with van der Waals surface area (Å²) in [5.41, 5.74) is 1.61. The van der Waals surface area contributed by atoms with E-state index in [0.717, 1.165) is 0 Å². The molecule has 142 valence electrons. The van der Waals surface area contributed by atoms with Gasteiger partial charge in [-0.3, -0.25) is 9.59 Å². The summed E-state index contributed by atoms with van der Waals surface area (Å²) in [6, 6.07) is 7.56. The molecule has 8 heteroatoms. The Labute approximate surface area is 165 Å². The molecule has 1 amide bonds. The van der Waals surface area contributed by atoms with E-state index >= 15 is 0 Å². The van der Waals surface area contributed by atoms with Crippen molar-refractivity contribution in [3.63, 3.8) is 0 Å². The van der Waals surface area contributed by atoms with Crippen molar-refractivity contribution in [2.75, 3.05) is 13.2 Å². The number of nitrogens with zero attached hydrogens (tertiary/aromatic N) is 1. The average molecular weight is 410 g/mol. The monoisotopic (exact) mass is 409 g/mol. The zero-order chi connectivity index (χ0) is 19.6. The fourth-order valence-electron chi connectivity index (χ4n) is 3.03. The van der Waals surface area contributed by atoms with E-state index < -0.39 is 12.1 Å². The maximum absolute atomic E-state index is 13.0. The van der Waals surface area contributed by atoms with Crippen LogP contribution in [0.5, 0.6) is 11.5 Å². The van der Waals surface area contributed by atoms with Gasteiger partial charge in [-0.15, -0.1) is 23.2 Å². The van der Waals surface area contributed by atoms with Crippen LogP contribution in [0.15, 0.2) is 30.3 Å². The molecule has 1 fully saturated rings. The van der Waals surface area contributed by atoms with Gasteiger partial charge in [-0.05, 0) is 12.1 Å². The lowest BCUT2D eigenvalue weighted by Gasteiger charge is -2.26. The van der Waals surface area contributed by atoms with Gasteiger partial charge in [0.1, 0.15) is 11.5 Å². The number of hydrogen-bond donors (Lipinski definition) is 2. The first-order chi connectivity index (χ1) is 13.0. The number of aromatic hydroxyl groups is 2. The fourth-order valence-corrected chi connectivity index (χ4v) is 3.47. The maximum Gasteiger partial charge on any atom is 0.256 e. The van der Waals surface area contributed by atoms with Crippen LogP contribution in [0.1, 0.15) is 43.6 Å². The van der Waals surface area contributed by atoms with Gasteiger partial charge in [0.15, 0.2) is 12.5 Å². The molecule has 1 aliphatic heterocycles. The minimum Gasteiger partial charge on any atom is -0.508 e. The number of carbonyl (C=O) groups excluding carboxylic acids is 2. The Bertz CT molecular complexity index is 887. The summed E-state index contributed by atoms with van der Waals surface area (Å²) in [6.07, 6.45) is -0.339. The third-order valence-electron chi connectivity index (χ3n) is 4.48. The van der Waals surface area contributed by atoms with Crippen molar-refractivity contribution in [1.82, 2.24) is 4.90 Å². The predicted octanol–water partition coefficient (Wildman–Crippen LogP) is 3.56. The topological polar surface area (TPSA) is 87.1 Å². The number of hydrogen-bond acceptors (Lipinski definition) is 5. The Morgan fingerprint density at radius 2 is 1.89 bits per heavy atom. The van der Waals surface area contributed by atoms with Gasteiger partial charge < -0.3 is 19.8 Å². The van der Waals surface area contributed by atoms with Crippen LogP contribution < -0.4 is 0 Å². The minimum atomic E-state index is -0.935. The Morgan fingerprint density at radius 3 is 2.52 bits per heavy atom. The largest absolute Gasteiger partial charge is 0.508 e. The van der Waals surface area contributed by atoms with Gasteiger partial charge in [0.25, 0.3) is 5.91 Å². The second-order valence-corrected chi connectivity index (χ2v) is 6.56. The van der Waals surface area contributed by atoms with Crippen molar-refractivity contribution >= 4 is 35.4 Å². The number of aldehydes is 1. The first-order valence-corrected chi connectivity index (χ1v) is 9.25. The normalized spacial score (nSPS) is 16.5. The Hall–Kier alpha value is -2.28. The van der Waals surface area contributed by atoms with Crippen LogP contribution in [0.3, 0.4) is 0 Å². The number of amides is 1. The number of rotatable bonds is 5. The van der Waals surface area contributed by atoms with Gasteiger partial charge in [0.05, 0.1) is 23.9 Å². The van der Waals surface area contributed by atoms with Gasteiger partial charge in [-0.25, -0.2) is 0 Å². The lowest BCUT2D eigenvalue weighted by atomic mass is 10.0. The predicted molar refractivity (Wildman–Crippen MR) is 100 cm³/mol. The first kappa shape index (κ1) is 19.5. The highest BCUT2D eigenvalue weighted by molar-refractivity contribution is 6.17. The van der Waals surface area contributed by atoms with Crippen LogP contribution in [0.2, 0.25) is 0 Å². The molecular formula is C19H17Cl2NO5. The van der Waals surface area contributed by atoms with E-state index in [4.69, 9.17) is 27.9 Å². The summed E-state index contributed by atoms with van der Waals surface area (Å²) in [6.45, 7) is 0.509. The molecule has 0 saturated carbocycles. The number of halogens is 2. The molecule has 2 aromatic carbocycles. The van der Waals surface area contributed by atoms with Crippen LogP contribution in [0.25, 0.3) is 0 Å². The third kappa shape index (κ3) is 3.60. The van der Waals surface area contributed by atoms with E-state index in [-0.39, 0.29) is 53.1 Å². The zero-order valence-corrected chi connectivity index (χ0v) is 15.7. The highest BCUT2D eigenvalue weighted by Crippen LogP contribution is 2.38. The number of carbonyl (C=O) groups is 2. The fraction of sp³-hybridized carbons (Fsp3) is 0.263. The molecular weight excluding hydrogens is 393 g/mol. The lowest BCUT2D eigenvalue weighted by Crippen LogP contribution is -2.31. The van der Waals surface area contributed by atoms with Crippen molar-refractivity contribution in [1.29, 1.82) is 0 Å². The SMILES string of the molecule is O=Cc1ccc(CCl)c(O)c1C1OCCN1C(=O)c1ccc(CCl)c(O)c1. The molecule has 0 aromatic heterocycles. The van der Waals surface area contributed by atoms with E-state index in [1.54, 1.807) is 18.2 Å². The molecule has 1 saturated heterocycles. The standard InChI is InChI=1S/C19H17Cl2NO5/c20-8-12-2-1-11(7-15(12)24)18(26)22-5-6-27-19(22)16-14(10-23)4-3-13(9-21)17(16)25/h1-4,7,10,19,24-25H,5-6,8-9H2. The molecule has 2 N–H and O–H groups in total. The van der Waals surface area contributed by atoms with Crippen LogP contribution >= 0.6 is 23.2 Å². The molecule has 6 nitrogen and oxygen atoms in total. The van der Waals surface area contributed by atoms with Crippen molar-refractivity contribution in [3.05, 3.63) is 58.1 Å². The molecule has 27 heavy (non-hydrogen) atoms. The molecule has 1 aliphatic rings. The average Bonchev–Trinajstić information content (AvgIpc) is 3.16. The van der Waals surface area contributed by atoms with Crippen molar-refractivity contribution in [2.24, 2.45) is 0 Å². The quantitative estimate of drug-likeness (QED) is 0.582. The van der Waals surface area contributed by atoms with E-state index in [2.05, 4.69) is 0 Å². The molecule has 0 spiro atoms. The number of ether oxygens (including phenoxy) is 1. The van der Waals surface area contributed by atoms with Crippen LogP contribution in [-0.4, -0.2) is 40.5 Å². The number of phenols is 2. The van der Waals surface area contributed by atoms with Crippen molar-refractivity contribution in [3.8, 4) is 11.5 Å². The van der Waals surface area contributed by atoms with Crippen LogP contribution in [0.4, 0.5) is 0 Å². The Balaban J connectivity index is 2.00. The molecule has 1 atom stereocenters.